The summed E-state index contributed by atoms with van der Waals surface area (Å²) in [5, 5.41) is 7.11. The van der Waals surface area contributed by atoms with Crippen LogP contribution in [0, 0.1) is 6.92 Å². The van der Waals surface area contributed by atoms with E-state index in [0.29, 0.717) is 25.5 Å². The Morgan fingerprint density at radius 3 is 2.92 bits per heavy atom. The molecule has 0 unspecified atom stereocenters. The second kappa shape index (κ2) is 8.40. The maximum atomic E-state index is 11.7. The van der Waals surface area contributed by atoms with Crippen LogP contribution in [0.3, 0.4) is 0 Å². The molecular formula is C20H22N4O2. The van der Waals surface area contributed by atoms with E-state index in [1.165, 1.54) is 5.56 Å². The van der Waals surface area contributed by atoms with Crippen molar-refractivity contribution in [1.82, 2.24) is 15.3 Å². The number of carbonyl (C=O) groups is 1. The number of hydrogen-bond donors (Lipinski definition) is 2. The third-order valence-electron chi connectivity index (χ3n) is 3.94. The van der Waals surface area contributed by atoms with E-state index in [0.717, 1.165) is 22.2 Å². The summed E-state index contributed by atoms with van der Waals surface area (Å²) in [6.07, 6.45) is 2.18. The van der Waals surface area contributed by atoms with E-state index in [4.69, 9.17) is 4.74 Å². The average Bonchev–Trinajstić information content (AvgIpc) is 2.65. The van der Waals surface area contributed by atoms with Gasteiger partial charge in [0.2, 0.25) is 11.9 Å². The van der Waals surface area contributed by atoms with Crippen molar-refractivity contribution < 1.29 is 9.53 Å². The van der Waals surface area contributed by atoms with Gasteiger partial charge in [-0.25, -0.2) is 9.97 Å². The third kappa shape index (κ3) is 4.77. The predicted octanol–water partition coefficient (Wildman–Crippen LogP) is 3.33. The molecule has 0 bridgehead atoms. The van der Waals surface area contributed by atoms with Crippen LogP contribution in [0.4, 0.5) is 11.6 Å². The second-order valence-electron chi connectivity index (χ2n) is 6.10. The lowest BCUT2D eigenvalue weighted by Gasteiger charge is -2.09. The Hall–Kier alpha value is -2.99. The van der Waals surface area contributed by atoms with Crippen LogP contribution in [0.5, 0.6) is 0 Å². The topological polar surface area (TPSA) is 76.1 Å². The zero-order valence-electron chi connectivity index (χ0n) is 15.0. The molecule has 0 aliphatic carbocycles. The Labute approximate surface area is 152 Å². The molecule has 134 valence electrons. The monoisotopic (exact) mass is 350 g/mol. The second-order valence-corrected chi connectivity index (χ2v) is 6.10. The predicted molar refractivity (Wildman–Crippen MR) is 102 cm³/mol. The Kier molecular flexibility index (Phi) is 5.76. The molecule has 26 heavy (non-hydrogen) atoms. The third-order valence-corrected chi connectivity index (χ3v) is 3.94. The molecule has 1 aromatic heterocycles. The summed E-state index contributed by atoms with van der Waals surface area (Å²) >= 11 is 0. The van der Waals surface area contributed by atoms with Gasteiger partial charge in [-0.2, -0.15) is 0 Å². The molecule has 6 nitrogen and oxygen atoms in total. The maximum Gasteiger partial charge on any atom is 0.227 e. The number of aryl methyl sites for hydroxylation is 1. The average molecular weight is 350 g/mol. The van der Waals surface area contributed by atoms with Gasteiger partial charge < -0.3 is 15.4 Å². The molecule has 0 saturated heterocycles. The van der Waals surface area contributed by atoms with Gasteiger partial charge in [-0.05, 0) is 36.8 Å². The van der Waals surface area contributed by atoms with Crippen LogP contribution in [-0.2, 0) is 16.1 Å². The molecule has 0 spiro atoms. The van der Waals surface area contributed by atoms with Crippen molar-refractivity contribution >= 4 is 28.4 Å². The van der Waals surface area contributed by atoms with E-state index in [-0.39, 0.29) is 5.91 Å². The number of amides is 1. The summed E-state index contributed by atoms with van der Waals surface area (Å²) in [6.45, 7) is 2.94. The Balaban J connectivity index is 1.66. The van der Waals surface area contributed by atoms with Crippen LogP contribution in [0.15, 0.2) is 48.7 Å². The lowest BCUT2D eigenvalue weighted by Crippen LogP contribution is -2.23. The fraction of sp³-hybridized carbons (Fsp3) is 0.250. The minimum atomic E-state index is -0.0293. The van der Waals surface area contributed by atoms with Gasteiger partial charge in [0.1, 0.15) is 0 Å². The number of hydrogen-bond acceptors (Lipinski definition) is 5. The van der Waals surface area contributed by atoms with Crippen molar-refractivity contribution in [2.75, 3.05) is 19.0 Å². The van der Waals surface area contributed by atoms with Gasteiger partial charge >= 0.3 is 0 Å². The number of carbonyl (C=O) groups excluding carboxylic acids is 1. The molecule has 6 heteroatoms. The van der Waals surface area contributed by atoms with Gasteiger partial charge in [0, 0.05) is 37.3 Å². The van der Waals surface area contributed by atoms with Crippen molar-refractivity contribution in [2.45, 2.75) is 19.9 Å². The van der Waals surface area contributed by atoms with Crippen molar-refractivity contribution in [3.8, 4) is 0 Å². The molecule has 0 aliphatic heterocycles. The molecular weight excluding hydrogens is 328 g/mol. The first-order chi connectivity index (χ1) is 12.6. The Morgan fingerprint density at radius 1 is 1.19 bits per heavy atom. The number of benzene rings is 2. The molecule has 0 fully saturated rings. The van der Waals surface area contributed by atoms with Crippen LogP contribution in [0.25, 0.3) is 10.9 Å². The van der Waals surface area contributed by atoms with Gasteiger partial charge in [-0.1, -0.05) is 23.8 Å². The van der Waals surface area contributed by atoms with Gasteiger partial charge in [0.15, 0.2) is 0 Å². The van der Waals surface area contributed by atoms with Crippen molar-refractivity contribution in [3.63, 3.8) is 0 Å². The normalized spacial score (nSPS) is 10.7. The largest absolute Gasteiger partial charge is 0.384 e. The zero-order chi connectivity index (χ0) is 18.4. The number of nitrogens with zero attached hydrogens (tertiary/aromatic N) is 2. The van der Waals surface area contributed by atoms with E-state index in [2.05, 4.69) is 26.7 Å². The standard InChI is InChI=1S/C20H22N4O2/c1-14-6-7-18-16(10-14)13-22-20(24-18)23-17-5-3-4-15(11-17)12-21-19(25)8-9-26-2/h3-7,10-11,13H,8-9,12H2,1-2H3,(H,21,25)(H,22,23,24). The summed E-state index contributed by atoms with van der Waals surface area (Å²) in [5.41, 5.74) is 3.95. The molecule has 3 rings (SSSR count). The van der Waals surface area contributed by atoms with Crippen LogP contribution >= 0.6 is 0 Å². The van der Waals surface area contributed by atoms with Gasteiger partial charge in [0.05, 0.1) is 12.1 Å². The number of rotatable bonds is 7. The summed E-state index contributed by atoms with van der Waals surface area (Å²) in [7, 11) is 1.58. The van der Waals surface area contributed by atoms with E-state index in [1.54, 1.807) is 7.11 Å². The lowest BCUT2D eigenvalue weighted by atomic mass is 10.2. The van der Waals surface area contributed by atoms with E-state index in [9.17, 15) is 4.79 Å². The number of ether oxygens (including phenoxy) is 1. The van der Waals surface area contributed by atoms with Crippen LogP contribution < -0.4 is 10.6 Å². The Morgan fingerprint density at radius 2 is 2.08 bits per heavy atom. The summed E-state index contributed by atoms with van der Waals surface area (Å²) in [5.74, 6) is 0.515. The molecule has 2 N–H and O–H groups in total. The SMILES string of the molecule is COCCC(=O)NCc1cccc(Nc2ncc3cc(C)ccc3n2)c1. The maximum absolute atomic E-state index is 11.7. The highest BCUT2D eigenvalue weighted by Crippen LogP contribution is 2.18. The summed E-state index contributed by atoms with van der Waals surface area (Å²) < 4.78 is 4.90. The van der Waals surface area contributed by atoms with E-state index < -0.39 is 0 Å². The number of aromatic nitrogens is 2. The highest BCUT2D eigenvalue weighted by atomic mass is 16.5. The minimum absolute atomic E-state index is 0.0293. The first kappa shape index (κ1) is 17.8. The van der Waals surface area contributed by atoms with E-state index in [1.807, 2.05) is 49.5 Å². The molecule has 0 saturated carbocycles. The molecule has 1 amide bonds. The molecule has 0 aliphatic rings. The van der Waals surface area contributed by atoms with E-state index >= 15 is 0 Å². The molecule has 1 heterocycles. The summed E-state index contributed by atoms with van der Waals surface area (Å²) in [6, 6.07) is 13.9. The fourth-order valence-corrected chi connectivity index (χ4v) is 2.58. The number of fused-ring (bicyclic) bond motifs is 1. The summed E-state index contributed by atoms with van der Waals surface area (Å²) in [4.78, 5) is 20.6. The first-order valence-electron chi connectivity index (χ1n) is 8.49. The fourth-order valence-electron chi connectivity index (χ4n) is 2.58. The van der Waals surface area contributed by atoms with Crippen LogP contribution in [0.2, 0.25) is 0 Å². The number of methoxy groups -OCH3 is 1. The van der Waals surface area contributed by atoms with Crippen molar-refractivity contribution in [1.29, 1.82) is 0 Å². The molecule has 2 aromatic carbocycles. The van der Waals surface area contributed by atoms with Crippen molar-refractivity contribution in [2.24, 2.45) is 0 Å². The smallest absolute Gasteiger partial charge is 0.227 e. The van der Waals surface area contributed by atoms with Crippen LogP contribution in [-0.4, -0.2) is 29.6 Å². The Bertz CT molecular complexity index is 911. The highest BCUT2D eigenvalue weighted by molar-refractivity contribution is 5.79. The van der Waals surface area contributed by atoms with Gasteiger partial charge in [0.25, 0.3) is 0 Å². The van der Waals surface area contributed by atoms with Gasteiger partial charge in [-0.3, -0.25) is 4.79 Å². The number of anilines is 2. The zero-order valence-corrected chi connectivity index (χ0v) is 15.0. The van der Waals surface area contributed by atoms with Crippen molar-refractivity contribution in [3.05, 3.63) is 59.8 Å². The van der Waals surface area contributed by atoms with Gasteiger partial charge in [-0.15, -0.1) is 0 Å². The molecule has 3 aromatic rings. The van der Waals surface area contributed by atoms with Crippen LogP contribution in [0.1, 0.15) is 17.5 Å². The quantitative estimate of drug-likeness (QED) is 0.683. The molecule has 0 radical (unpaired) electrons. The first-order valence-corrected chi connectivity index (χ1v) is 8.49. The molecule has 0 atom stereocenters. The number of nitrogens with one attached hydrogen (secondary N) is 2. The highest BCUT2D eigenvalue weighted by Gasteiger charge is 2.04. The minimum Gasteiger partial charge on any atom is -0.384 e. The lowest BCUT2D eigenvalue weighted by molar-refractivity contribution is -0.122.